The van der Waals surface area contributed by atoms with E-state index in [-0.39, 0.29) is 17.0 Å². The molecule has 4 nitrogen and oxygen atoms in total. The lowest BCUT2D eigenvalue weighted by molar-refractivity contribution is -0.117. The Morgan fingerprint density at radius 2 is 1.79 bits per heavy atom. The van der Waals surface area contributed by atoms with E-state index < -0.39 is 5.91 Å². The molecule has 0 radical (unpaired) electrons. The SMILES string of the molecule is CCc1ccc(C(C)NC(=O)/C(C#N)=C\Nc2ccccc2C(C)(C)C)cc1. The highest BCUT2D eigenvalue weighted by atomic mass is 16.1. The summed E-state index contributed by atoms with van der Waals surface area (Å²) in [6.07, 6.45) is 2.46. The first-order valence-electron chi connectivity index (χ1n) is 9.62. The van der Waals surface area contributed by atoms with E-state index >= 15 is 0 Å². The normalized spacial score (nSPS) is 12.8. The molecular formula is C24H29N3O. The van der Waals surface area contributed by atoms with E-state index in [0.29, 0.717) is 0 Å². The van der Waals surface area contributed by atoms with Gasteiger partial charge in [-0.05, 0) is 41.5 Å². The molecular weight excluding hydrogens is 346 g/mol. The van der Waals surface area contributed by atoms with Crippen molar-refractivity contribution >= 4 is 11.6 Å². The summed E-state index contributed by atoms with van der Waals surface area (Å²) in [6, 6.07) is 17.9. The fraction of sp³-hybridized carbons (Fsp3) is 0.333. The van der Waals surface area contributed by atoms with E-state index in [2.05, 4.69) is 50.5 Å². The van der Waals surface area contributed by atoms with Crippen LogP contribution in [-0.4, -0.2) is 5.91 Å². The van der Waals surface area contributed by atoms with Crippen molar-refractivity contribution in [2.45, 2.75) is 52.5 Å². The third-order valence-corrected chi connectivity index (χ3v) is 4.71. The van der Waals surface area contributed by atoms with Gasteiger partial charge in [0.2, 0.25) is 0 Å². The van der Waals surface area contributed by atoms with Crippen LogP contribution in [0.2, 0.25) is 0 Å². The predicted octanol–water partition coefficient (Wildman–Crippen LogP) is 5.24. The zero-order chi connectivity index (χ0) is 20.7. The fourth-order valence-electron chi connectivity index (χ4n) is 2.96. The van der Waals surface area contributed by atoms with Gasteiger partial charge in [0.05, 0.1) is 6.04 Å². The number of rotatable bonds is 6. The summed E-state index contributed by atoms with van der Waals surface area (Å²) < 4.78 is 0. The number of nitrogens with one attached hydrogen (secondary N) is 2. The van der Waals surface area contributed by atoms with Gasteiger partial charge in [-0.2, -0.15) is 5.26 Å². The molecule has 0 bridgehead atoms. The Morgan fingerprint density at radius 1 is 1.14 bits per heavy atom. The van der Waals surface area contributed by atoms with Crippen molar-refractivity contribution < 1.29 is 4.79 Å². The highest BCUT2D eigenvalue weighted by molar-refractivity contribution is 5.97. The number of carbonyl (C=O) groups excluding carboxylic acids is 1. The average molecular weight is 376 g/mol. The van der Waals surface area contributed by atoms with Crippen LogP contribution in [0.15, 0.2) is 60.3 Å². The Hall–Kier alpha value is -3.06. The number of nitriles is 1. The van der Waals surface area contributed by atoms with Crippen LogP contribution in [0.25, 0.3) is 0 Å². The molecule has 0 saturated carbocycles. The van der Waals surface area contributed by atoms with Crippen molar-refractivity contribution in [3.8, 4) is 6.07 Å². The molecule has 1 atom stereocenters. The first-order chi connectivity index (χ1) is 13.3. The molecule has 2 aromatic carbocycles. The molecule has 28 heavy (non-hydrogen) atoms. The molecule has 2 rings (SSSR count). The third-order valence-electron chi connectivity index (χ3n) is 4.71. The molecule has 2 aromatic rings. The van der Waals surface area contributed by atoms with Crippen molar-refractivity contribution in [2.75, 3.05) is 5.32 Å². The van der Waals surface area contributed by atoms with Gasteiger partial charge in [-0.25, -0.2) is 0 Å². The van der Waals surface area contributed by atoms with E-state index in [9.17, 15) is 10.1 Å². The van der Waals surface area contributed by atoms with Crippen molar-refractivity contribution in [2.24, 2.45) is 0 Å². The molecule has 1 unspecified atom stereocenters. The summed E-state index contributed by atoms with van der Waals surface area (Å²) in [7, 11) is 0. The van der Waals surface area contributed by atoms with Gasteiger partial charge in [0, 0.05) is 11.9 Å². The Bertz CT molecular complexity index is 883. The zero-order valence-electron chi connectivity index (χ0n) is 17.3. The van der Waals surface area contributed by atoms with Gasteiger partial charge in [0.15, 0.2) is 0 Å². The van der Waals surface area contributed by atoms with E-state index in [1.807, 2.05) is 49.4 Å². The van der Waals surface area contributed by atoms with Crippen LogP contribution in [0.4, 0.5) is 5.69 Å². The second-order valence-corrected chi connectivity index (χ2v) is 7.90. The van der Waals surface area contributed by atoms with E-state index in [4.69, 9.17) is 0 Å². The van der Waals surface area contributed by atoms with Gasteiger partial charge in [-0.3, -0.25) is 4.79 Å². The quantitative estimate of drug-likeness (QED) is 0.536. The molecule has 0 spiro atoms. The van der Waals surface area contributed by atoms with E-state index in [1.54, 1.807) is 0 Å². The Labute approximate surface area is 168 Å². The molecule has 2 N–H and O–H groups in total. The number of amides is 1. The maximum atomic E-state index is 12.5. The number of nitrogens with zero attached hydrogens (tertiary/aromatic N) is 1. The number of benzene rings is 2. The highest BCUT2D eigenvalue weighted by Gasteiger charge is 2.18. The van der Waals surface area contributed by atoms with Crippen molar-refractivity contribution in [3.63, 3.8) is 0 Å². The van der Waals surface area contributed by atoms with Gasteiger partial charge < -0.3 is 10.6 Å². The van der Waals surface area contributed by atoms with Crippen LogP contribution in [0, 0.1) is 11.3 Å². The molecule has 0 aromatic heterocycles. The van der Waals surface area contributed by atoms with Gasteiger partial charge in [-0.1, -0.05) is 70.2 Å². The lowest BCUT2D eigenvalue weighted by Crippen LogP contribution is -2.28. The van der Waals surface area contributed by atoms with Crippen LogP contribution in [0.1, 0.15) is 57.4 Å². The molecule has 0 aliphatic heterocycles. The van der Waals surface area contributed by atoms with Crippen LogP contribution >= 0.6 is 0 Å². The minimum absolute atomic E-state index is 0.0424. The molecule has 0 aliphatic carbocycles. The summed E-state index contributed by atoms with van der Waals surface area (Å²) >= 11 is 0. The monoisotopic (exact) mass is 375 g/mol. The summed E-state index contributed by atoms with van der Waals surface area (Å²) in [5.41, 5.74) is 4.26. The molecule has 146 valence electrons. The summed E-state index contributed by atoms with van der Waals surface area (Å²) in [6.45, 7) is 10.4. The Morgan fingerprint density at radius 3 is 2.36 bits per heavy atom. The van der Waals surface area contributed by atoms with Crippen LogP contribution in [-0.2, 0) is 16.6 Å². The topological polar surface area (TPSA) is 64.9 Å². The number of anilines is 1. The first kappa shape index (κ1) is 21.2. The molecule has 4 heteroatoms. The minimum atomic E-state index is -0.393. The highest BCUT2D eigenvalue weighted by Crippen LogP contribution is 2.29. The molecule has 0 fully saturated rings. The Kier molecular flexibility index (Phi) is 7.00. The third kappa shape index (κ3) is 5.47. The van der Waals surface area contributed by atoms with Crippen molar-refractivity contribution in [1.82, 2.24) is 5.32 Å². The van der Waals surface area contributed by atoms with Gasteiger partial charge in [0.25, 0.3) is 5.91 Å². The van der Waals surface area contributed by atoms with Crippen molar-refractivity contribution in [1.29, 1.82) is 5.26 Å². The predicted molar refractivity (Wildman–Crippen MR) is 115 cm³/mol. The second-order valence-electron chi connectivity index (χ2n) is 7.90. The van der Waals surface area contributed by atoms with Gasteiger partial charge >= 0.3 is 0 Å². The lowest BCUT2D eigenvalue weighted by atomic mass is 9.86. The maximum absolute atomic E-state index is 12.5. The minimum Gasteiger partial charge on any atom is -0.360 e. The zero-order valence-corrected chi connectivity index (χ0v) is 17.3. The largest absolute Gasteiger partial charge is 0.360 e. The summed E-state index contributed by atoms with van der Waals surface area (Å²) in [5, 5.41) is 15.5. The van der Waals surface area contributed by atoms with E-state index in [1.165, 1.54) is 11.8 Å². The summed E-state index contributed by atoms with van der Waals surface area (Å²) in [5.74, 6) is -0.393. The number of aryl methyl sites for hydroxylation is 1. The summed E-state index contributed by atoms with van der Waals surface area (Å²) in [4.78, 5) is 12.5. The number of hydrogen-bond acceptors (Lipinski definition) is 3. The molecule has 0 heterocycles. The maximum Gasteiger partial charge on any atom is 0.263 e. The lowest BCUT2D eigenvalue weighted by Gasteiger charge is -2.22. The standard InChI is InChI=1S/C24H29N3O/c1-6-18-11-13-19(14-12-18)17(2)27-23(28)20(15-25)16-26-22-10-8-7-9-21(22)24(3,4)5/h7-14,16-17,26H,6H2,1-5H3,(H,27,28)/b20-16-. The second kappa shape index (κ2) is 9.23. The molecule has 0 aliphatic rings. The number of para-hydroxylation sites is 1. The van der Waals surface area contributed by atoms with Gasteiger partial charge in [0.1, 0.15) is 11.6 Å². The fourth-order valence-corrected chi connectivity index (χ4v) is 2.96. The van der Waals surface area contributed by atoms with Crippen molar-refractivity contribution in [3.05, 3.63) is 77.0 Å². The number of carbonyl (C=O) groups is 1. The van der Waals surface area contributed by atoms with E-state index in [0.717, 1.165) is 23.2 Å². The smallest absolute Gasteiger partial charge is 0.263 e. The molecule has 1 amide bonds. The first-order valence-corrected chi connectivity index (χ1v) is 9.62. The molecule has 0 saturated heterocycles. The van der Waals surface area contributed by atoms with Gasteiger partial charge in [-0.15, -0.1) is 0 Å². The van der Waals surface area contributed by atoms with Crippen LogP contribution in [0.5, 0.6) is 0 Å². The van der Waals surface area contributed by atoms with Crippen LogP contribution < -0.4 is 10.6 Å². The average Bonchev–Trinajstić information content (AvgIpc) is 2.68. The number of hydrogen-bond donors (Lipinski definition) is 2. The van der Waals surface area contributed by atoms with Crippen LogP contribution in [0.3, 0.4) is 0 Å². The Balaban J connectivity index is 2.12.